The Morgan fingerprint density at radius 2 is 0.464 bits per heavy atom. The molecule has 12 heterocycles. The van der Waals surface area contributed by atoms with Crippen LogP contribution in [0.25, 0.3) is 0 Å². The van der Waals surface area contributed by atoms with Crippen molar-refractivity contribution in [2.75, 3.05) is 117 Å². The van der Waals surface area contributed by atoms with Crippen LogP contribution in [0.2, 0.25) is 0 Å². The summed E-state index contributed by atoms with van der Waals surface area (Å²) in [6.07, 6.45) is 18.5. The highest BCUT2D eigenvalue weighted by Gasteiger charge is 2.28. The molecule has 140 heavy (non-hydrogen) atoms. The van der Waals surface area contributed by atoms with Gasteiger partial charge in [-0.2, -0.15) is 0 Å². The summed E-state index contributed by atoms with van der Waals surface area (Å²) >= 11 is 0. The molecule has 0 aliphatic heterocycles. The van der Waals surface area contributed by atoms with Crippen LogP contribution in [0.15, 0.2) is 123 Å². The van der Waals surface area contributed by atoms with Gasteiger partial charge in [-0.05, 0) is 82.0 Å². The molecule has 17 N–H and O–H groups in total. The SMILES string of the molecule is CC(=O)Nc1cc(C(=O)Nc2cc(C(=O)Nc3cc(C(=O)Nc4cn(C)c(C(=O)Nc5cn(C)c(C(=O)NCCC(=O)Nc6cn(C)c(C(=O)NCCCC(=O)Nc7cc(C(=O)Nc8cc(C(=O)Nc9cc(C(=O)NCCC(=O)Nc%10cc(C(=O)Nc%11cn(C)c(C(=O)Nc%12cc(C(=O)NCCC(=O)NCCCN(C)C)n(C)c%12)n%11)n(C)c%10)n(C)c9)n(C)c8)n(C)c7)n6)n5)n4)n(C)c3)n(C)c2)n(C)c1.Cl. The van der Waals surface area contributed by atoms with Gasteiger partial charge >= 0.3 is 0 Å². The summed E-state index contributed by atoms with van der Waals surface area (Å²) in [7, 11) is 22.9. The average molecular weight is 1950 g/mol. The summed E-state index contributed by atoms with van der Waals surface area (Å²) in [5.41, 5.74) is 3.78. The number of hydrogen-bond donors (Lipinski definition) is 17. The lowest BCUT2D eigenvalue weighted by Gasteiger charge is -2.10. The molecule has 0 saturated heterocycles. The molecule has 0 aromatic carbocycles. The monoisotopic (exact) mass is 1950 g/mol. The molecule has 0 bridgehead atoms. The van der Waals surface area contributed by atoms with Crippen LogP contribution in [-0.2, 0) is 109 Å². The second-order valence-electron chi connectivity index (χ2n) is 32.9. The van der Waals surface area contributed by atoms with E-state index < -0.39 is 88.6 Å². The fourth-order valence-electron chi connectivity index (χ4n) is 14.5. The third-order valence-electron chi connectivity index (χ3n) is 21.3. The predicted octanol–water partition coefficient (Wildman–Crippen LogP) is 3.58. The molecule has 12 aromatic rings. The minimum atomic E-state index is -0.744. The third-order valence-corrected chi connectivity index (χ3v) is 21.3. The number of carbonyl (C=O) groups is 17. The van der Waals surface area contributed by atoms with E-state index >= 15 is 0 Å². The number of carbonyl (C=O) groups excluding carboxylic acids is 17. The van der Waals surface area contributed by atoms with Crippen LogP contribution in [0.4, 0.5) is 68.8 Å². The van der Waals surface area contributed by atoms with Gasteiger partial charge < -0.3 is 150 Å². The van der Waals surface area contributed by atoms with Crippen LogP contribution in [0, 0.1) is 0 Å². The van der Waals surface area contributed by atoms with E-state index in [1.807, 2.05) is 19.0 Å². The lowest BCUT2D eigenvalue weighted by atomic mass is 10.3. The summed E-state index contributed by atoms with van der Waals surface area (Å²) in [5, 5.41) is 45.8. The number of hydrogen-bond acceptors (Lipinski definition) is 22. The molecule has 51 nitrogen and oxygen atoms in total. The Hall–Kier alpha value is -17.7. The van der Waals surface area contributed by atoms with Crippen molar-refractivity contribution in [3.8, 4) is 0 Å². The molecule has 52 heteroatoms. The fourth-order valence-corrected chi connectivity index (χ4v) is 14.5. The standard InChI is InChI=1S/C88H106N34O17.ClH/c1-48(123)94-49-28-59(113(6)36-49)79(130)98-53-33-62(117(10)40-53)82(133)100-55-35-64(118(11)42-55)84(135)108-67-46-122(15)76(106-67)88(139)109-68-47-120(13)74(104-68)86(137)93-26-21-72(127)102-65-44-119(12)73(103-65)85(136)90-22-16-18-70(125)95-50-29-60(114(7)37-50)80(131)99-54-34-61(116(9)41-54)81(132)97-52-31-57(111(4)39-52)78(129)92-25-20-71(126)96-51-30-63(115(8)38-51)83(134)107-66-45-121(14)75(105-66)87(138)101-56-32-58(112(5)43-56)77(128)91-24-19-69(124)89-23-17-27-110(2)3;/h28-47H,16-27H2,1-15H3,(H,89,124)(H,90,136)(H,91,128)(H,92,129)(H,93,137)(H,94,123)(H,95,125)(H,96,126)(H,97,132)(H,98,130)(H,99,131)(H,100,133)(H,101,138)(H,102,127)(H,107,134)(H,108,135)(H,109,139);1H. The van der Waals surface area contributed by atoms with Gasteiger partial charge in [0.15, 0.2) is 23.3 Å². The maximum Gasteiger partial charge on any atom is 0.292 e. The highest BCUT2D eigenvalue weighted by molar-refractivity contribution is 6.12. The van der Waals surface area contributed by atoms with Crippen LogP contribution in [0.3, 0.4) is 0 Å². The number of aryl methyl sites for hydroxylation is 12. The van der Waals surface area contributed by atoms with Crippen LogP contribution < -0.4 is 90.4 Å². The van der Waals surface area contributed by atoms with Crippen molar-refractivity contribution in [3.63, 3.8) is 0 Å². The molecular weight excluding hydrogens is 1840 g/mol. The van der Waals surface area contributed by atoms with E-state index in [2.05, 4.69) is 110 Å². The van der Waals surface area contributed by atoms with Crippen molar-refractivity contribution in [2.24, 2.45) is 84.6 Å². The number of nitrogens with zero attached hydrogens (tertiary/aromatic N) is 17. The molecule has 0 unspecified atom stereocenters. The van der Waals surface area contributed by atoms with Crippen molar-refractivity contribution >= 4 is 182 Å². The largest absolute Gasteiger partial charge is 0.356 e. The zero-order valence-electron chi connectivity index (χ0n) is 79.0. The molecule has 0 aliphatic rings. The normalized spacial score (nSPS) is 10.9. The molecule has 0 aliphatic carbocycles. The van der Waals surface area contributed by atoms with Gasteiger partial charge in [0, 0.05) is 224 Å². The molecule has 738 valence electrons. The van der Waals surface area contributed by atoms with Crippen LogP contribution in [-0.4, -0.2) is 233 Å². The molecule has 12 rings (SSSR count). The maximum atomic E-state index is 13.6. The van der Waals surface area contributed by atoms with Crippen molar-refractivity contribution in [3.05, 3.63) is 192 Å². The quantitative estimate of drug-likeness (QED) is 0.0243. The molecule has 0 spiro atoms. The van der Waals surface area contributed by atoms with Crippen LogP contribution in [0.5, 0.6) is 0 Å². The average Bonchev–Trinajstić information content (AvgIpc) is 1.67. The molecule has 12 aromatic heterocycles. The van der Waals surface area contributed by atoms with E-state index in [0.29, 0.717) is 29.3 Å². The first-order valence-corrected chi connectivity index (χ1v) is 43.1. The first kappa shape index (κ1) is 103. The molecule has 0 radical (unpaired) electrons. The second-order valence-corrected chi connectivity index (χ2v) is 32.9. The number of rotatable bonds is 41. The maximum absolute atomic E-state index is 13.6. The topological polar surface area (TPSA) is 609 Å². The van der Waals surface area contributed by atoms with Gasteiger partial charge in [-0.3, -0.25) is 81.5 Å². The van der Waals surface area contributed by atoms with Crippen molar-refractivity contribution in [1.82, 2.24) is 106 Å². The second kappa shape index (κ2) is 45.1. The number of halogens is 1. The first-order chi connectivity index (χ1) is 66.0. The predicted molar refractivity (Wildman–Crippen MR) is 516 cm³/mol. The van der Waals surface area contributed by atoms with E-state index in [0.717, 1.165) is 13.0 Å². The minimum Gasteiger partial charge on any atom is -0.356 e. The lowest BCUT2D eigenvalue weighted by Crippen LogP contribution is -2.32. The number of nitrogens with one attached hydrogen (secondary N) is 17. The Kier molecular flexibility index (Phi) is 33.1. The van der Waals surface area contributed by atoms with E-state index in [-0.39, 0.29) is 197 Å². The van der Waals surface area contributed by atoms with Gasteiger partial charge in [0.1, 0.15) is 45.6 Å². The Balaban J connectivity index is 0.0000187. The molecular formula is C88H107ClN34O17. The Labute approximate surface area is 804 Å². The number of aromatic nitrogens is 16. The molecule has 0 fully saturated rings. The van der Waals surface area contributed by atoms with Crippen molar-refractivity contribution in [2.45, 2.75) is 45.4 Å². The summed E-state index contributed by atoms with van der Waals surface area (Å²) < 4.78 is 17.5. The van der Waals surface area contributed by atoms with Crippen LogP contribution in [0.1, 0.15) is 172 Å². The smallest absolute Gasteiger partial charge is 0.292 e. The third kappa shape index (κ3) is 26.5. The lowest BCUT2D eigenvalue weighted by molar-refractivity contribution is -0.121. The van der Waals surface area contributed by atoms with Gasteiger partial charge in [0.25, 0.3) is 70.9 Å². The van der Waals surface area contributed by atoms with Gasteiger partial charge in [-0.1, -0.05) is 0 Å². The van der Waals surface area contributed by atoms with Crippen molar-refractivity contribution < 1.29 is 81.5 Å². The summed E-state index contributed by atoms with van der Waals surface area (Å²) in [4.78, 5) is 242. The number of anilines is 12. The zero-order valence-corrected chi connectivity index (χ0v) is 79.8. The first-order valence-electron chi connectivity index (χ1n) is 43.1. The van der Waals surface area contributed by atoms with Gasteiger partial charge in [0.2, 0.25) is 52.8 Å². The summed E-state index contributed by atoms with van der Waals surface area (Å²) in [5.74, 6) is -9.37. The zero-order chi connectivity index (χ0) is 101. The Morgan fingerprint density at radius 1 is 0.236 bits per heavy atom. The number of amides is 17. The highest BCUT2D eigenvalue weighted by atomic mass is 35.5. The molecule has 0 atom stereocenters. The Morgan fingerprint density at radius 3 is 0.786 bits per heavy atom. The molecule has 0 saturated carbocycles. The van der Waals surface area contributed by atoms with Crippen molar-refractivity contribution in [1.29, 1.82) is 0 Å². The molecule has 17 amide bonds. The van der Waals surface area contributed by atoms with Gasteiger partial charge in [0.05, 0.1) is 45.5 Å². The number of imidazole rings is 4. The van der Waals surface area contributed by atoms with Gasteiger partial charge in [-0.15, -0.1) is 12.4 Å². The summed E-state index contributed by atoms with van der Waals surface area (Å²) in [6, 6.07) is 11.7. The van der Waals surface area contributed by atoms with Crippen LogP contribution >= 0.6 is 12.4 Å². The van der Waals surface area contributed by atoms with E-state index in [1.54, 1.807) is 86.6 Å². The van der Waals surface area contributed by atoms with E-state index in [4.69, 9.17) is 0 Å². The van der Waals surface area contributed by atoms with E-state index in [9.17, 15) is 81.5 Å². The minimum absolute atomic E-state index is 0. The summed E-state index contributed by atoms with van der Waals surface area (Å²) in [6.45, 7) is 2.61. The van der Waals surface area contributed by atoms with Gasteiger partial charge in [-0.25, -0.2) is 19.9 Å². The highest BCUT2D eigenvalue weighted by Crippen LogP contribution is 2.26. The fraction of sp³-hybridized carbons (Fsp3) is 0.307. The van der Waals surface area contributed by atoms with E-state index in [1.165, 1.54) is 183 Å². The Bertz CT molecular complexity index is 6830.